The van der Waals surface area contributed by atoms with Gasteiger partial charge in [0.2, 0.25) is 0 Å². The highest BCUT2D eigenvalue weighted by Gasteiger charge is 2.16. The van der Waals surface area contributed by atoms with Crippen LogP contribution in [0.2, 0.25) is 0 Å². The molecule has 66 valence electrons. The number of pyridine rings is 1. The fourth-order valence-corrected chi connectivity index (χ4v) is 0.864. The molecule has 0 radical (unpaired) electrons. The number of hydrogen-bond donors (Lipinski definition) is 1. The minimum absolute atomic E-state index is 0.0815. The van der Waals surface area contributed by atoms with Gasteiger partial charge in [-0.1, -0.05) is 20.8 Å². The maximum atomic E-state index is 12.7. The van der Waals surface area contributed by atoms with Crippen molar-refractivity contribution in [2.24, 2.45) is 0 Å². The molecule has 0 saturated carbocycles. The molecule has 1 heterocycles. The van der Waals surface area contributed by atoms with Crippen molar-refractivity contribution < 1.29 is 4.39 Å². The lowest BCUT2D eigenvalue weighted by Gasteiger charge is -2.17. The van der Waals surface area contributed by atoms with E-state index in [1.165, 1.54) is 0 Å². The van der Waals surface area contributed by atoms with E-state index in [-0.39, 0.29) is 11.1 Å². The first-order valence-corrected chi connectivity index (χ1v) is 3.83. The number of nitrogens with zero attached hydrogens (tertiary/aromatic N) is 1. The van der Waals surface area contributed by atoms with E-state index in [9.17, 15) is 4.39 Å². The summed E-state index contributed by atoms with van der Waals surface area (Å²) in [5.41, 5.74) is 6.29. The predicted molar refractivity (Wildman–Crippen MR) is 47.3 cm³/mol. The monoisotopic (exact) mass is 168 g/mol. The molecule has 0 aliphatic carbocycles. The predicted octanol–water partition coefficient (Wildman–Crippen LogP) is 2.10. The van der Waals surface area contributed by atoms with Crippen molar-refractivity contribution >= 4 is 5.69 Å². The smallest absolute Gasteiger partial charge is 0.164 e. The molecule has 1 rings (SSSR count). The number of hydrogen-bond acceptors (Lipinski definition) is 2. The van der Waals surface area contributed by atoms with Gasteiger partial charge in [-0.15, -0.1) is 0 Å². The Morgan fingerprint density at radius 1 is 1.42 bits per heavy atom. The van der Waals surface area contributed by atoms with Crippen molar-refractivity contribution in [1.82, 2.24) is 4.98 Å². The summed E-state index contributed by atoms with van der Waals surface area (Å²) in [4.78, 5) is 3.96. The Morgan fingerprint density at radius 3 is 2.42 bits per heavy atom. The molecular weight excluding hydrogens is 155 g/mol. The van der Waals surface area contributed by atoms with Crippen molar-refractivity contribution in [3.8, 4) is 0 Å². The Morgan fingerprint density at radius 2 is 2.00 bits per heavy atom. The number of nitrogen functional groups attached to an aromatic ring is 1. The maximum Gasteiger partial charge on any atom is 0.164 e. The lowest BCUT2D eigenvalue weighted by Crippen LogP contribution is -2.14. The molecule has 0 aromatic carbocycles. The quantitative estimate of drug-likeness (QED) is 0.644. The fraction of sp³-hybridized carbons (Fsp3) is 0.444. The molecule has 0 saturated heterocycles. The first-order chi connectivity index (χ1) is 5.41. The van der Waals surface area contributed by atoms with Gasteiger partial charge in [-0.3, -0.25) is 4.98 Å². The number of anilines is 1. The second-order valence-corrected chi connectivity index (χ2v) is 3.84. The van der Waals surface area contributed by atoms with Crippen LogP contribution in [0.3, 0.4) is 0 Å². The molecule has 0 fully saturated rings. The molecule has 2 nitrogen and oxygen atoms in total. The highest BCUT2D eigenvalue weighted by Crippen LogP contribution is 2.22. The molecule has 3 heteroatoms. The number of halogens is 1. The van der Waals surface area contributed by atoms with Gasteiger partial charge >= 0.3 is 0 Å². The van der Waals surface area contributed by atoms with Crippen molar-refractivity contribution in [1.29, 1.82) is 0 Å². The van der Waals surface area contributed by atoms with E-state index in [4.69, 9.17) is 5.73 Å². The molecule has 0 aliphatic rings. The molecule has 0 bridgehead atoms. The molecule has 0 aliphatic heterocycles. The number of nitrogens with two attached hydrogens (primary N) is 1. The van der Waals surface area contributed by atoms with Gasteiger partial charge < -0.3 is 5.73 Å². The van der Waals surface area contributed by atoms with E-state index in [0.717, 1.165) is 11.9 Å². The van der Waals surface area contributed by atoms with Gasteiger partial charge in [0.05, 0.1) is 11.9 Å². The van der Waals surface area contributed by atoms with Crippen LogP contribution in [-0.2, 0) is 5.41 Å². The maximum absolute atomic E-state index is 12.7. The van der Waals surface area contributed by atoms with Gasteiger partial charge in [0.25, 0.3) is 0 Å². The van der Waals surface area contributed by atoms with Crippen LogP contribution in [0.4, 0.5) is 10.1 Å². The van der Waals surface area contributed by atoms with Gasteiger partial charge in [-0.2, -0.15) is 0 Å². The Kier molecular flexibility index (Phi) is 2.04. The molecule has 0 atom stereocenters. The zero-order valence-corrected chi connectivity index (χ0v) is 7.56. The Hall–Kier alpha value is -1.12. The molecule has 0 spiro atoms. The minimum atomic E-state index is -0.456. The molecule has 0 amide bonds. The lowest BCUT2D eigenvalue weighted by atomic mass is 9.91. The van der Waals surface area contributed by atoms with E-state index >= 15 is 0 Å². The zero-order chi connectivity index (χ0) is 9.35. The summed E-state index contributed by atoms with van der Waals surface area (Å²) in [6.45, 7) is 6.02. The minimum Gasteiger partial charge on any atom is -0.396 e. The fourth-order valence-electron chi connectivity index (χ4n) is 0.864. The van der Waals surface area contributed by atoms with Crippen LogP contribution >= 0.6 is 0 Å². The largest absolute Gasteiger partial charge is 0.396 e. The van der Waals surface area contributed by atoms with Crippen molar-refractivity contribution in [2.45, 2.75) is 26.2 Å². The molecule has 1 aromatic rings. The van der Waals surface area contributed by atoms with Crippen LogP contribution in [0.25, 0.3) is 0 Å². The Labute approximate surface area is 71.6 Å². The Balaban J connectivity index is 3.14. The summed E-state index contributed by atoms with van der Waals surface area (Å²) in [6, 6.07) is 1.58. The third-order valence-electron chi connectivity index (χ3n) is 1.65. The zero-order valence-electron chi connectivity index (χ0n) is 7.56. The Bertz CT molecular complexity index is 289. The molecule has 0 unspecified atom stereocenters. The van der Waals surface area contributed by atoms with Crippen LogP contribution in [0, 0.1) is 5.82 Å². The third-order valence-corrected chi connectivity index (χ3v) is 1.65. The van der Waals surface area contributed by atoms with E-state index in [2.05, 4.69) is 4.98 Å². The van der Waals surface area contributed by atoms with Crippen LogP contribution in [0.15, 0.2) is 12.3 Å². The summed E-state index contributed by atoms with van der Waals surface area (Å²) >= 11 is 0. The van der Waals surface area contributed by atoms with Crippen LogP contribution < -0.4 is 5.73 Å². The highest BCUT2D eigenvalue weighted by atomic mass is 19.1. The van der Waals surface area contributed by atoms with Crippen LogP contribution in [0.5, 0.6) is 0 Å². The highest BCUT2D eigenvalue weighted by molar-refractivity contribution is 5.40. The normalized spacial score (nSPS) is 11.7. The first kappa shape index (κ1) is 8.97. The van der Waals surface area contributed by atoms with Gasteiger partial charge in [-0.25, -0.2) is 4.39 Å². The summed E-state index contributed by atoms with van der Waals surface area (Å²) in [7, 11) is 0. The third kappa shape index (κ3) is 1.72. The molecular formula is C9H13FN2. The van der Waals surface area contributed by atoms with Gasteiger partial charge in [0, 0.05) is 11.1 Å². The van der Waals surface area contributed by atoms with Crippen LogP contribution in [0.1, 0.15) is 26.5 Å². The second kappa shape index (κ2) is 2.73. The molecule has 1 aromatic heterocycles. The number of aromatic nitrogens is 1. The van der Waals surface area contributed by atoms with Gasteiger partial charge in [0.1, 0.15) is 0 Å². The van der Waals surface area contributed by atoms with Gasteiger partial charge in [-0.05, 0) is 6.07 Å². The second-order valence-electron chi connectivity index (χ2n) is 3.84. The van der Waals surface area contributed by atoms with Crippen molar-refractivity contribution in [2.75, 3.05) is 5.73 Å². The summed E-state index contributed by atoms with van der Waals surface area (Å²) in [5, 5.41) is 0. The summed E-state index contributed by atoms with van der Waals surface area (Å²) < 4.78 is 12.7. The van der Waals surface area contributed by atoms with E-state index in [0.29, 0.717) is 0 Å². The van der Waals surface area contributed by atoms with Crippen molar-refractivity contribution in [3.05, 3.63) is 23.8 Å². The summed E-state index contributed by atoms with van der Waals surface area (Å²) in [6.07, 6.45) is 1.16. The van der Waals surface area contributed by atoms with E-state index < -0.39 is 5.82 Å². The average molecular weight is 168 g/mol. The molecule has 2 N–H and O–H groups in total. The lowest BCUT2D eigenvalue weighted by molar-refractivity contribution is 0.559. The number of rotatable bonds is 0. The van der Waals surface area contributed by atoms with Crippen molar-refractivity contribution in [3.63, 3.8) is 0 Å². The SMILES string of the molecule is CC(C)(C)c1cc(N)c(F)cn1. The van der Waals surface area contributed by atoms with E-state index in [1.54, 1.807) is 6.07 Å². The van der Waals surface area contributed by atoms with Gasteiger partial charge in [0.15, 0.2) is 5.82 Å². The first-order valence-electron chi connectivity index (χ1n) is 3.83. The molecule has 12 heavy (non-hydrogen) atoms. The van der Waals surface area contributed by atoms with E-state index in [1.807, 2.05) is 20.8 Å². The standard InChI is InChI=1S/C9H13FN2/c1-9(2,3)8-4-7(11)6(10)5-12-8/h4-5H,1-3H3,(H2,11,12). The summed E-state index contributed by atoms with van der Waals surface area (Å²) in [5.74, 6) is -0.456. The van der Waals surface area contributed by atoms with Crippen LogP contribution in [-0.4, -0.2) is 4.98 Å². The average Bonchev–Trinajstić information content (AvgIpc) is 1.92. The topological polar surface area (TPSA) is 38.9 Å².